The highest BCUT2D eigenvalue weighted by Crippen LogP contribution is 2.24. The largest absolute Gasteiger partial charge is 0.481 e. The van der Waals surface area contributed by atoms with Gasteiger partial charge in [-0.3, -0.25) is 14.6 Å². The summed E-state index contributed by atoms with van der Waals surface area (Å²) in [7, 11) is 0. The van der Waals surface area contributed by atoms with Crippen LogP contribution in [-0.4, -0.2) is 28.5 Å². The number of rotatable bonds is 5. The lowest BCUT2D eigenvalue weighted by Gasteiger charge is -2.23. The zero-order chi connectivity index (χ0) is 15.2. The van der Waals surface area contributed by atoms with Crippen molar-refractivity contribution in [3.63, 3.8) is 0 Å². The third-order valence-electron chi connectivity index (χ3n) is 2.95. The summed E-state index contributed by atoms with van der Waals surface area (Å²) in [4.78, 5) is 28.6. The molecule has 0 fully saturated rings. The van der Waals surface area contributed by atoms with Crippen LogP contribution in [0.25, 0.3) is 0 Å². The van der Waals surface area contributed by atoms with Gasteiger partial charge >= 0.3 is 5.97 Å². The quantitative estimate of drug-likeness (QED) is 0.816. The number of carboxylic acids is 1. The maximum absolute atomic E-state index is 12.6. The average molecular weight is 285 g/mol. The number of hydrogen-bond donors (Lipinski definition) is 2. The Morgan fingerprint density at radius 2 is 1.81 bits per heavy atom. The predicted octanol–water partition coefficient (Wildman–Crippen LogP) is 1.79. The second-order valence-electron chi connectivity index (χ2n) is 4.40. The van der Waals surface area contributed by atoms with Gasteiger partial charge < -0.3 is 15.7 Å². The Kier molecular flexibility index (Phi) is 4.50. The van der Waals surface area contributed by atoms with Gasteiger partial charge in [-0.2, -0.15) is 0 Å². The van der Waals surface area contributed by atoms with Crippen LogP contribution in [0.3, 0.4) is 0 Å². The van der Waals surface area contributed by atoms with E-state index in [9.17, 15) is 9.59 Å². The lowest BCUT2D eigenvalue weighted by atomic mass is 10.2. The highest BCUT2D eigenvalue weighted by atomic mass is 16.4. The molecular formula is C15H15N3O3. The number of amides is 1. The number of para-hydroxylation sites is 2. The Hall–Kier alpha value is -2.89. The van der Waals surface area contributed by atoms with Crippen LogP contribution >= 0.6 is 0 Å². The number of carbonyl (C=O) groups excluding carboxylic acids is 1. The Morgan fingerprint density at radius 1 is 1.14 bits per heavy atom. The van der Waals surface area contributed by atoms with Gasteiger partial charge in [0.2, 0.25) is 0 Å². The summed E-state index contributed by atoms with van der Waals surface area (Å²) in [5.41, 5.74) is 7.24. The van der Waals surface area contributed by atoms with E-state index in [1.54, 1.807) is 36.4 Å². The monoisotopic (exact) mass is 285 g/mol. The van der Waals surface area contributed by atoms with Gasteiger partial charge in [0.05, 0.1) is 17.8 Å². The third-order valence-corrected chi connectivity index (χ3v) is 2.95. The van der Waals surface area contributed by atoms with Gasteiger partial charge in [-0.25, -0.2) is 0 Å². The molecule has 0 aliphatic carbocycles. The molecule has 6 heteroatoms. The first-order valence-electron chi connectivity index (χ1n) is 6.38. The van der Waals surface area contributed by atoms with Crippen LogP contribution in [0.5, 0.6) is 0 Å². The Labute approximate surface area is 121 Å². The molecule has 0 aliphatic rings. The molecule has 0 unspecified atom stereocenters. The number of anilines is 2. The summed E-state index contributed by atoms with van der Waals surface area (Å²) in [5, 5.41) is 8.85. The summed E-state index contributed by atoms with van der Waals surface area (Å²) < 4.78 is 0. The fourth-order valence-corrected chi connectivity index (χ4v) is 1.92. The first-order valence-corrected chi connectivity index (χ1v) is 6.38. The molecule has 1 aromatic heterocycles. The number of carbonyl (C=O) groups is 2. The van der Waals surface area contributed by atoms with E-state index in [4.69, 9.17) is 10.8 Å². The summed E-state index contributed by atoms with van der Waals surface area (Å²) in [5.74, 6) is -1.28. The molecule has 0 radical (unpaired) electrons. The summed E-state index contributed by atoms with van der Waals surface area (Å²) in [6.07, 6.45) is 2.86. The zero-order valence-corrected chi connectivity index (χ0v) is 11.3. The van der Waals surface area contributed by atoms with Crippen LogP contribution in [-0.2, 0) is 4.79 Å². The molecule has 0 saturated carbocycles. The van der Waals surface area contributed by atoms with Crippen LogP contribution in [0.1, 0.15) is 16.8 Å². The standard InChI is InChI=1S/C15H15N3O3/c16-12-3-1-2-4-13(12)18(10-7-14(19)20)15(21)11-5-8-17-9-6-11/h1-6,8-9H,7,10,16H2,(H,19,20). The van der Waals surface area contributed by atoms with E-state index in [0.717, 1.165) is 0 Å². The van der Waals surface area contributed by atoms with Gasteiger partial charge in [0.1, 0.15) is 0 Å². The zero-order valence-electron chi connectivity index (χ0n) is 11.3. The molecule has 0 bridgehead atoms. The van der Waals surface area contributed by atoms with Crippen LogP contribution in [0.2, 0.25) is 0 Å². The minimum absolute atomic E-state index is 0.0463. The van der Waals surface area contributed by atoms with Crippen molar-refractivity contribution < 1.29 is 14.7 Å². The van der Waals surface area contributed by atoms with Gasteiger partial charge in [-0.15, -0.1) is 0 Å². The Bertz CT molecular complexity index is 644. The van der Waals surface area contributed by atoms with Gasteiger partial charge in [-0.05, 0) is 24.3 Å². The van der Waals surface area contributed by atoms with Crippen molar-refractivity contribution >= 4 is 23.3 Å². The number of carboxylic acid groups (broad SMARTS) is 1. The van der Waals surface area contributed by atoms with Gasteiger partial charge in [0.25, 0.3) is 5.91 Å². The minimum Gasteiger partial charge on any atom is -0.481 e. The molecule has 0 spiro atoms. The highest BCUT2D eigenvalue weighted by molar-refractivity contribution is 6.07. The maximum atomic E-state index is 12.6. The number of pyridine rings is 1. The highest BCUT2D eigenvalue weighted by Gasteiger charge is 2.20. The topological polar surface area (TPSA) is 96.5 Å². The summed E-state index contributed by atoms with van der Waals surface area (Å²) >= 11 is 0. The molecule has 1 heterocycles. The summed E-state index contributed by atoms with van der Waals surface area (Å²) in [6.45, 7) is 0.0463. The lowest BCUT2D eigenvalue weighted by Crippen LogP contribution is -2.33. The lowest BCUT2D eigenvalue weighted by molar-refractivity contribution is -0.136. The van der Waals surface area contributed by atoms with E-state index in [2.05, 4.69) is 4.98 Å². The molecule has 108 valence electrons. The molecule has 1 aromatic carbocycles. The third kappa shape index (κ3) is 3.56. The molecule has 21 heavy (non-hydrogen) atoms. The smallest absolute Gasteiger partial charge is 0.305 e. The number of aromatic nitrogens is 1. The van der Waals surface area contributed by atoms with Crippen molar-refractivity contribution in [1.82, 2.24) is 4.98 Å². The van der Waals surface area contributed by atoms with Crippen molar-refractivity contribution in [3.8, 4) is 0 Å². The van der Waals surface area contributed by atoms with Gasteiger partial charge in [0, 0.05) is 24.5 Å². The molecular weight excluding hydrogens is 270 g/mol. The Balaban J connectivity index is 2.34. The second-order valence-corrected chi connectivity index (χ2v) is 4.40. The molecule has 0 atom stereocenters. The predicted molar refractivity (Wildman–Crippen MR) is 79.0 cm³/mol. The minimum atomic E-state index is -0.975. The van der Waals surface area contributed by atoms with Crippen molar-refractivity contribution in [1.29, 1.82) is 0 Å². The second kappa shape index (κ2) is 6.51. The number of aliphatic carboxylic acids is 1. The van der Waals surface area contributed by atoms with Gasteiger partial charge in [0.15, 0.2) is 0 Å². The Morgan fingerprint density at radius 3 is 2.43 bits per heavy atom. The van der Waals surface area contributed by atoms with Crippen LogP contribution in [0.15, 0.2) is 48.8 Å². The maximum Gasteiger partial charge on any atom is 0.305 e. The fraction of sp³-hybridized carbons (Fsp3) is 0.133. The number of hydrogen-bond acceptors (Lipinski definition) is 4. The van der Waals surface area contributed by atoms with Crippen molar-refractivity contribution in [2.24, 2.45) is 0 Å². The fourth-order valence-electron chi connectivity index (χ4n) is 1.92. The van der Waals surface area contributed by atoms with E-state index in [-0.39, 0.29) is 18.9 Å². The van der Waals surface area contributed by atoms with E-state index in [1.807, 2.05) is 0 Å². The molecule has 0 aliphatic heterocycles. The number of nitrogen functional groups attached to an aromatic ring is 1. The normalized spacial score (nSPS) is 10.1. The first kappa shape index (κ1) is 14.5. The molecule has 0 saturated heterocycles. The van der Waals surface area contributed by atoms with Gasteiger partial charge in [-0.1, -0.05) is 12.1 Å². The SMILES string of the molecule is Nc1ccccc1N(CCC(=O)O)C(=O)c1ccncc1. The number of nitrogens with zero attached hydrogens (tertiary/aromatic N) is 2. The first-order chi connectivity index (χ1) is 10.1. The van der Waals surface area contributed by atoms with Crippen molar-refractivity contribution in [2.75, 3.05) is 17.2 Å². The molecule has 6 nitrogen and oxygen atoms in total. The number of benzene rings is 1. The van der Waals surface area contributed by atoms with E-state index < -0.39 is 5.97 Å². The molecule has 2 rings (SSSR count). The van der Waals surface area contributed by atoms with Crippen molar-refractivity contribution in [2.45, 2.75) is 6.42 Å². The average Bonchev–Trinajstić information content (AvgIpc) is 2.49. The number of nitrogens with two attached hydrogens (primary N) is 1. The van der Waals surface area contributed by atoms with Crippen LogP contribution < -0.4 is 10.6 Å². The van der Waals surface area contributed by atoms with E-state index in [0.29, 0.717) is 16.9 Å². The molecule has 1 amide bonds. The van der Waals surface area contributed by atoms with Crippen molar-refractivity contribution in [3.05, 3.63) is 54.4 Å². The van der Waals surface area contributed by atoms with E-state index >= 15 is 0 Å². The van der Waals surface area contributed by atoms with Crippen LogP contribution in [0.4, 0.5) is 11.4 Å². The summed E-state index contributed by atoms with van der Waals surface area (Å²) in [6, 6.07) is 10.0. The van der Waals surface area contributed by atoms with Crippen LogP contribution in [0, 0.1) is 0 Å². The molecule has 2 aromatic rings. The van der Waals surface area contributed by atoms with E-state index in [1.165, 1.54) is 17.3 Å². The molecule has 3 N–H and O–H groups in total.